The molecular weight excluding hydrogens is 252 g/mol. The molecule has 1 unspecified atom stereocenters. The first kappa shape index (κ1) is 15.3. The largest absolute Gasteiger partial charge is 0.493 e. The molecule has 0 radical (unpaired) electrons. The van der Waals surface area contributed by atoms with E-state index in [0.29, 0.717) is 12.0 Å². The van der Waals surface area contributed by atoms with Gasteiger partial charge >= 0.3 is 0 Å². The van der Waals surface area contributed by atoms with Gasteiger partial charge in [0, 0.05) is 19.1 Å². The maximum absolute atomic E-state index is 5.70. The zero-order chi connectivity index (χ0) is 14.4. The molecule has 1 atom stereocenters. The molecule has 1 aromatic rings. The Morgan fingerprint density at radius 2 is 1.80 bits per heavy atom. The van der Waals surface area contributed by atoms with Gasteiger partial charge in [0.25, 0.3) is 0 Å². The van der Waals surface area contributed by atoms with Gasteiger partial charge in [-0.05, 0) is 30.5 Å². The van der Waals surface area contributed by atoms with Crippen LogP contribution < -0.4 is 10.2 Å². The van der Waals surface area contributed by atoms with Gasteiger partial charge in [0.1, 0.15) is 5.75 Å². The average molecular weight is 278 g/mol. The summed E-state index contributed by atoms with van der Waals surface area (Å²) >= 11 is 0. The third kappa shape index (κ3) is 4.78. The third-order valence-corrected chi connectivity index (χ3v) is 3.35. The number of benzene rings is 1. The molecule has 1 N–H and O–H groups in total. The van der Waals surface area contributed by atoms with Gasteiger partial charge in [-0.2, -0.15) is 0 Å². The molecule has 2 rings (SSSR count). The van der Waals surface area contributed by atoms with Gasteiger partial charge in [-0.3, -0.25) is 0 Å². The Hall–Kier alpha value is -1.10. The van der Waals surface area contributed by atoms with E-state index in [0.717, 1.165) is 38.7 Å². The van der Waals surface area contributed by atoms with Crippen molar-refractivity contribution in [3.05, 3.63) is 29.8 Å². The summed E-state index contributed by atoms with van der Waals surface area (Å²) in [6, 6.07) is 8.67. The molecule has 4 nitrogen and oxygen atoms in total. The second-order valence-corrected chi connectivity index (χ2v) is 5.72. The van der Waals surface area contributed by atoms with Gasteiger partial charge < -0.3 is 9.47 Å². The van der Waals surface area contributed by atoms with Gasteiger partial charge in [0.05, 0.1) is 19.8 Å². The van der Waals surface area contributed by atoms with Crippen molar-refractivity contribution in [1.29, 1.82) is 0 Å². The van der Waals surface area contributed by atoms with Crippen LogP contribution in [0.15, 0.2) is 24.3 Å². The minimum Gasteiger partial charge on any atom is -0.493 e. The number of hydrazine groups is 1. The summed E-state index contributed by atoms with van der Waals surface area (Å²) in [7, 11) is 0. The predicted molar refractivity (Wildman–Crippen MR) is 80.7 cm³/mol. The van der Waals surface area contributed by atoms with E-state index in [1.807, 2.05) is 0 Å². The topological polar surface area (TPSA) is 33.7 Å². The lowest BCUT2D eigenvalue weighted by molar-refractivity contribution is 0.00484. The van der Waals surface area contributed by atoms with Crippen molar-refractivity contribution in [3.8, 4) is 5.75 Å². The van der Waals surface area contributed by atoms with E-state index < -0.39 is 0 Å². The van der Waals surface area contributed by atoms with Crippen molar-refractivity contribution >= 4 is 0 Å². The molecule has 0 bridgehead atoms. The highest BCUT2D eigenvalue weighted by Crippen LogP contribution is 2.18. The van der Waals surface area contributed by atoms with Crippen LogP contribution in [0.4, 0.5) is 0 Å². The molecule has 1 saturated heterocycles. The summed E-state index contributed by atoms with van der Waals surface area (Å²) in [4.78, 5) is 0. The number of ether oxygens (including phenoxy) is 2. The minimum atomic E-state index is 0.298. The standard InChI is InChI=1S/C16H26N2O2/c1-13(2)12-20-16-6-4-15(5-7-16)14(3)17-18-8-10-19-11-9-18/h4-7,13-14,17H,8-12H2,1-3H3. The first-order valence-corrected chi connectivity index (χ1v) is 7.47. The molecule has 0 spiro atoms. The van der Waals surface area contributed by atoms with E-state index in [2.05, 4.69) is 55.5 Å². The van der Waals surface area contributed by atoms with Crippen molar-refractivity contribution in [2.45, 2.75) is 26.8 Å². The number of hydrogen-bond donors (Lipinski definition) is 1. The molecule has 1 aliphatic heterocycles. The van der Waals surface area contributed by atoms with Crippen LogP contribution in [0, 0.1) is 5.92 Å². The van der Waals surface area contributed by atoms with Crippen molar-refractivity contribution in [1.82, 2.24) is 10.4 Å². The van der Waals surface area contributed by atoms with Gasteiger partial charge in [-0.25, -0.2) is 10.4 Å². The molecule has 1 aliphatic rings. The summed E-state index contributed by atoms with van der Waals surface area (Å²) in [5.41, 5.74) is 4.79. The number of nitrogens with zero attached hydrogens (tertiary/aromatic N) is 1. The first-order chi connectivity index (χ1) is 9.65. The number of morpholine rings is 1. The molecule has 112 valence electrons. The van der Waals surface area contributed by atoms with E-state index in [9.17, 15) is 0 Å². The fourth-order valence-electron chi connectivity index (χ4n) is 2.16. The normalized spacial score (nSPS) is 18.2. The fraction of sp³-hybridized carbons (Fsp3) is 0.625. The van der Waals surface area contributed by atoms with Gasteiger partial charge in [0.15, 0.2) is 0 Å². The molecule has 0 saturated carbocycles. The maximum atomic E-state index is 5.70. The van der Waals surface area contributed by atoms with Gasteiger partial charge in [-0.15, -0.1) is 0 Å². The average Bonchev–Trinajstić information content (AvgIpc) is 2.46. The molecular formula is C16H26N2O2. The molecule has 1 fully saturated rings. The second-order valence-electron chi connectivity index (χ2n) is 5.72. The molecule has 20 heavy (non-hydrogen) atoms. The zero-order valence-electron chi connectivity index (χ0n) is 12.8. The van der Waals surface area contributed by atoms with Crippen LogP contribution in [0.5, 0.6) is 5.75 Å². The quantitative estimate of drug-likeness (QED) is 0.867. The Balaban J connectivity index is 1.84. The molecule has 0 aliphatic carbocycles. The monoisotopic (exact) mass is 278 g/mol. The molecule has 0 amide bonds. The van der Waals surface area contributed by atoms with Crippen molar-refractivity contribution in [2.24, 2.45) is 5.92 Å². The summed E-state index contributed by atoms with van der Waals surface area (Å²) in [6.45, 7) is 10.8. The SMILES string of the molecule is CC(C)COc1ccc(C(C)NN2CCOCC2)cc1. The van der Waals surface area contributed by atoms with Crippen LogP contribution in [0.1, 0.15) is 32.4 Å². The van der Waals surface area contributed by atoms with Crippen LogP contribution >= 0.6 is 0 Å². The Bertz CT molecular complexity index is 386. The Kier molecular flexibility index (Phi) is 5.83. The van der Waals surface area contributed by atoms with E-state index >= 15 is 0 Å². The smallest absolute Gasteiger partial charge is 0.119 e. The number of nitrogens with one attached hydrogen (secondary N) is 1. The van der Waals surface area contributed by atoms with Crippen molar-refractivity contribution in [3.63, 3.8) is 0 Å². The fourth-order valence-corrected chi connectivity index (χ4v) is 2.16. The van der Waals surface area contributed by atoms with Gasteiger partial charge in [0.2, 0.25) is 0 Å². The lowest BCUT2D eigenvalue weighted by Crippen LogP contribution is -2.46. The summed E-state index contributed by atoms with van der Waals surface area (Å²) in [5.74, 6) is 1.50. The summed E-state index contributed by atoms with van der Waals surface area (Å²) in [6.07, 6.45) is 0. The van der Waals surface area contributed by atoms with E-state index in [1.54, 1.807) is 0 Å². The highest BCUT2D eigenvalue weighted by Gasteiger charge is 2.13. The van der Waals surface area contributed by atoms with Gasteiger partial charge in [-0.1, -0.05) is 26.0 Å². The van der Waals surface area contributed by atoms with Crippen LogP contribution in [-0.4, -0.2) is 37.9 Å². The molecule has 1 aromatic carbocycles. The second kappa shape index (κ2) is 7.62. The molecule has 4 heteroatoms. The van der Waals surface area contributed by atoms with E-state index in [1.165, 1.54) is 5.56 Å². The Morgan fingerprint density at radius 3 is 2.40 bits per heavy atom. The maximum Gasteiger partial charge on any atom is 0.119 e. The molecule has 0 aromatic heterocycles. The summed E-state index contributed by atoms with van der Waals surface area (Å²) < 4.78 is 11.1. The third-order valence-electron chi connectivity index (χ3n) is 3.35. The van der Waals surface area contributed by atoms with Crippen LogP contribution in [-0.2, 0) is 4.74 Å². The Labute approximate surface area is 122 Å². The minimum absolute atomic E-state index is 0.298. The van der Waals surface area contributed by atoms with Crippen molar-refractivity contribution < 1.29 is 9.47 Å². The predicted octanol–water partition coefficient (Wildman–Crippen LogP) is 2.62. The van der Waals surface area contributed by atoms with E-state index in [-0.39, 0.29) is 0 Å². The first-order valence-electron chi connectivity index (χ1n) is 7.47. The van der Waals surface area contributed by atoms with Crippen molar-refractivity contribution in [2.75, 3.05) is 32.9 Å². The zero-order valence-corrected chi connectivity index (χ0v) is 12.8. The number of rotatable bonds is 6. The highest BCUT2D eigenvalue weighted by molar-refractivity contribution is 5.28. The summed E-state index contributed by atoms with van der Waals surface area (Å²) in [5, 5.41) is 2.23. The lowest BCUT2D eigenvalue weighted by atomic mass is 10.1. The highest BCUT2D eigenvalue weighted by atomic mass is 16.5. The van der Waals surface area contributed by atoms with Crippen LogP contribution in [0.3, 0.4) is 0 Å². The molecule has 1 heterocycles. The Morgan fingerprint density at radius 1 is 1.15 bits per heavy atom. The van der Waals surface area contributed by atoms with Crippen LogP contribution in [0.25, 0.3) is 0 Å². The van der Waals surface area contributed by atoms with E-state index in [4.69, 9.17) is 9.47 Å². The van der Waals surface area contributed by atoms with Crippen LogP contribution in [0.2, 0.25) is 0 Å². The lowest BCUT2D eigenvalue weighted by Gasteiger charge is -2.30. The number of hydrogen-bond acceptors (Lipinski definition) is 4.